The number of nitrogens with zero attached hydrogens (tertiary/aromatic N) is 1. The molecule has 0 N–H and O–H groups in total. The third-order valence-corrected chi connectivity index (χ3v) is 4.85. The van der Waals surface area contributed by atoms with E-state index in [1.54, 1.807) is 0 Å². The molecule has 2 nitrogen and oxygen atoms in total. The monoisotopic (exact) mass is 323 g/mol. The van der Waals surface area contributed by atoms with Gasteiger partial charge in [0.05, 0.1) is 10.5 Å². The van der Waals surface area contributed by atoms with E-state index in [9.17, 15) is 0 Å². The normalized spacial score (nSPS) is 13.8. The summed E-state index contributed by atoms with van der Waals surface area (Å²) in [5.41, 5.74) is 4.56. The molecular formula is C20H18ClNO. The lowest BCUT2D eigenvalue weighted by molar-refractivity contribution is 0.483. The fourth-order valence-electron chi connectivity index (χ4n) is 3.15. The molecule has 0 saturated carbocycles. The number of aryl methyl sites for hydroxylation is 2. The molecule has 1 heterocycles. The van der Waals surface area contributed by atoms with E-state index in [4.69, 9.17) is 21.3 Å². The molecule has 1 aliphatic carbocycles. The first-order chi connectivity index (χ1) is 11.2. The fraction of sp³-hybridized carbons (Fsp3) is 0.250. The number of halogens is 1. The van der Waals surface area contributed by atoms with Crippen LogP contribution in [0, 0.1) is 6.92 Å². The highest BCUT2D eigenvalue weighted by molar-refractivity contribution is 6.36. The molecule has 2 aromatic carbocycles. The quantitative estimate of drug-likeness (QED) is 0.588. The maximum absolute atomic E-state index is 6.66. The van der Waals surface area contributed by atoms with Crippen molar-refractivity contribution in [1.29, 1.82) is 0 Å². The van der Waals surface area contributed by atoms with E-state index >= 15 is 0 Å². The van der Waals surface area contributed by atoms with Crippen molar-refractivity contribution < 1.29 is 4.74 Å². The van der Waals surface area contributed by atoms with Crippen LogP contribution >= 0.6 is 11.6 Å². The second-order valence-corrected chi connectivity index (χ2v) is 6.53. The smallest absolute Gasteiger partial charge is 0.128 e. The highest BCUT2D eigenvalue weighted by atomic mass is 35.5. The van der Waals surface area contributed by atoms with Crippen molar-refractivity contribution in [2.24, 2.45) is 0 Å². The largest absolute Gasteiger partial charge is 0.457 e. The molecule has 23 heavy (non-hydrogen) atoms. The molecule has 4 rings (SSSR count). The maximum atomic E-state index is 6.66. The van der Waals surface area contributed by atoms with Crippen LogP contribution in [0.15, 0.2) is 42.5 Å². The van der Waals surface area contributed by atoms with Gasteiger partial charge in [0.2, 0.25) is 0 Å². The molecule has 0 atom stereocenters. The van der Waals surface area contributed by atoms with E-state index < -0.39 is 0 Å². The van der Waals surface area contributed by atoms with Crippen LogP contribution in [-0.4, -0.2) is 4.98 Å². The van der Waals surface area contributed by atoms with Crippen molar-refractivity contribution in [2.75, 3.05) is 0 Å². The fourth-order valence-corrected chi connectivity index (χ4v) is 3.51. The predicted octanol–water partition coefficient (Wildman–Crippen LogP) is 5.87. The van der Waals surface area contributed by atoms with Gasteiger partial charge in [-0.3, -0.25) is 4.98 Å². The van der Waals surface area contributed by atoms with Crippen LogP contribution in [0.3, 0.4) is 0 Å². The number of rotatable bonds is 2. The molecule has 0 saturated heterocycles. The number of pyridine rings is 1. The number of hydrogen-bond acceptors (Lipinski definition) is 2. The molecule has 0 spiro atoms. The summed E-state index contributed by atoms with van der Waals surface area (Å²) in [6.45, 7) is 2.06. The summed E-state index contributed by atoms with van der Waals surface area (Å²) in [5.74, 6) is 1.62. The van der Waals surface area contributed by atoms with Gasteiger partial charge < -0.3 is 4.74 Å². The van der Waals surface area contributed by atoms with Gasteiger partial charge in [-0.25, -0.2) is 0 Å². The molecule has 1 aromatic heterocycles. The Bertz CT molecular complexity index is 871. The molecule has 0 radical (unpaired) electrons. The Morgan fingerprint density at radius 2 is 1.70 bits per heavy atom. The first kappa shape index (κ1) is 14.5. The van der Waals surface area contributed by atoms with Gasteiger partial charge in [0.25, 0.3) is 0 Å². The van der Waals surface area contributed by atoms with E-state index in [1.807, 2.05) is 42.5 Å². The van der Waals surface area contributed by atoms with Crippen LogP contribution in [0.4, 0.5) is 0 Å². The summed E-state index contributed by atoms with van der Waals surface area (Å²) >= 11 is 6.66. The Morgan fingerprint density at radius 3 is 2.52 bits per heavy atom. The minimum absolute atomic E-state index is 0.792. The molecule has 0 aliphatic heterocycles. The van der Waals surface area contributed by atoms with E-state index in [-0.39, 0.29) is 0 Å². The highest BCUT2D eigenvalue weighted by Gasteiger charge is 2.17. The Morgan fingerprint density at radius 1 is 0.957 bits per heavy atom. The molecule has 1 aliphatic rings. The van der Waals surface area contributed by atoms with Gasteiger partial charge in [0, 0.05) is 11.1 Å². The summed E-state index contributed by atoms with van der Waals surface area (Å²) < 4.78 is 5.95. The van der Waals surface area contributed by atoms with Gasteiger partial charge in [-0.1, -0.05) is 29.3 Å². The van der Waals surface area contributed by atoms with Gasteiger partial charge in [-0.15, -0.1) is 0 Å². The van der Waals surface area contributed by atoms with E-state index in [1.165, 1.54) is 29.7 Å². The molecule has 0 bridgehead atoms. The molecule has 116 valence electrons. The Balaban J connectivity index is 1.75. The Hall–Kier alpha value is -2.06. The lowest BCUT2D eigenvalue weighted by atomic mass is 9.94. The van der Waals surface area contributed by atoms with Gasteiger partial charge in [-0.2, -0.15) is 0 Å². The van der Waals surface area contributed by atoms with Gasteiger partial charge in [0.1, 0.15) is 11.5 Å². The first-order valence-electron chi connectivity index (χ1n) is 8.06. The minimum Gasteiger partial charge on any atom is -0.457 e. The summed E-state index contributed by atoms with van der Waals surface area (Å²) in [7, 11) is 0. The Labute approximate surface area is 141 Å². The number of hydrogen-bond donors (Lipinski definition) is 0. The summed E-state index contributed by atoms with van der Waals surface area (Å²) in [6, 6.07) is 14.0. The number of aromatic nitrogens is 1. The molecule has 0 amide bonds. The number of ether oxygens (including phenoxy) is 1. The van der Waals surface area contributed by atoms with E-state index in [0.29, 0.717) is 0 Å². The van der Waals surface area contributed by atoms with E-state index in [2.05, 4.69) is 6.92 Å². The third-order valence-electron chi connectivity index (χ3n) is 4.42. The molecular weight excluding hydrogens is 306 g/mol. The van der Waals surface area contributed by atoms with Crippen molar-refractivity contribution >= 4 is 22.5 Å². The topological polar surface area (TPSA) is 22.1 Å². The molecule has 0 unspecified atom stereocenters. The second-order valence-electron chi connectivity index (χ2n) is 6.15. The standard InChI is InChI=1S/C20H18ClNO/c1-13-6-8-14(9-7-13)23-15-10-11-19-17(12-15)20(21)16-4-2-3-5-18(16)22-19/h6-12H,2-5H2,1H3. The Kier molecular flexibility index (Phi) is 3.70. The zero-order chi connectivity index (χ0) is 15.8. The first-order valence-corrected chi connectivity index (χ1v) is 8.44. The van der Waals surface area contributed by atoms with Crippen molar-refractivity contribution in [1.82, 2.24) is 4.98 Å². The van der Waals surface area contributed by atoms with Crippen LogP contribution in [0.2, 0.25) is 5.02 Å². The van der Waals surface area contributed by atoms with Crippen LogP contribution in [-0.2, 0) is 12.8 Å². The SMILES string of the molecule is Cc1ccc(Oc2ccc3nc4c(c(Cl)c3c2)CCCC4)cc1. The summed E-state index contributed by atoms with van der Waals surface area (Å²) in [4.78, 5) is 4.80. The third kappa shape index (κ3) is 2.79. The van der Waals surface area contributed by atoms with Crippen LogP contribution in [0.1, 0.15) is 29.7 Å². The molecule has 0 fully saturated rings. The van der Waals surface area contributed by atoms with Crippen molar-refractivity contribution in [3.05, 3.63) is 64.3 Å². The second kappa shape index (κ2) is 5.86. The lowest BCUT2D eigenvalue weighted by Gasteiger charge is -2.18. The van der Waals surface area contributed by atoms with Gasteiger partial charge in [-0.05, 0) is 68.5 Å². The van der Waals surface area contributed by atoms with Gasteiger partial charge >= 0.3 is 0 Å². The minimum atomic E-state index is 0.792. The highest BCUT2D eigenvalue weighted by Crippen LogP contribution is 2.35. The maximum Gasteiger partial charge on any atom is 0.128 e. The van der Waals surface area contributed by atoms with E-state index in [0.717, 1.165) is 40.3 Å². The van der Waals surface area contributed by atoms with Crippen molar-refractivity contribution in [3.63, 3.8) is 0 Å². The summed E-state index contributed by atoms with van der Waals surface area (Å²) in [6.07, 6.45) is 4.46. The van der Waals surface area contributed by atoms with Crippen molar-refractivity contribution in [2.45, 2.75) is 32.6 Å². The predicted molar refractivity (Wildman–Crippen MR) is 94.6 cm³/mol. The van der Waals surface area contributed by atoms with Crippen LogP contribution in [0.25, 0.3) is 10.9 Å². The van der Waals surface area contributed by atoms with Crippen LogP contribution < -0.4 is 4.74 Å². The van der Waals surface area contributed by atoms with Crippen LogP contribution in [0.5, 0.6) is 11.5 Å². The number of fused-ring (bicyclic) bond motifs is 2. The average Bonchev–Trinajstić information content (AvgIpc) is 2.58. The molecule has 3 aromatic rings. The zero-order valence-electron chi connectivity index (χ0n) is 13.1. The van der Waals surface area contributed by atoms with Crippen molar-refractivity contribution in [3.8, 4) is 11.5 Å². The zero-order valence-corrected chi connectivity index (χ0v) is 13.9. The summed E-state index contributed by atoms with van der Waals surface area (Å²) in [5, 5.41) is 1.83. The molecule has 3 heteroatoms. The number of benzene rings is 2. The lowest BCUT2D eigenvalue weighted by Crippen LogP contribution is -2.06. The average molecular weight is 324 g/mol. The van der Waals surface area contributed by atoms with Gasteiger partial charge in [0.15, 0.2) is 0 Å².